The minimum Gasteiger partial charge on any atom is -0.394 e. The van der Waals surface area contributed by atoms with Gasteiger partial charge in [0, 0.05) is 0 Å². The number of carbonyl (C=O) groups is 1. The molecule has 0 spiro atoms. The molecule has 280 valence electrons. The maximum Gasteiger partial charge on any atom is 0.249 e. The normalized spacial score (nSPS) is 14.2. The number of aliphatic hydroxyl groups is 3. The van der Waals surface area contributed by atoms with Crippen molar-refractivity contribution in [3.8, 4) is 0 Å². The van der Waals surface area contributed by atoms with Crippen molar-refractivity contribution in [3.63, 3.8) is 0 Å². The zero-order valence-electron chi connectivity index (χ0n) is 31.6. The fraction of sp³-hybridized carbons (Fsp3) is 0.791. The molecule has 0 saturated carbocycles. The van der Waals surface area contributed by atoms with Gasteiger partial charge in [0.2, 0.25) is 5.91 Å². The number of aliphatic hydroxyl groups excluding tert-OH is 3. The third-order valence-electron chi connectivity index (χ3n) is 9.13. The van der Waals surface area contributed by atoms with Gasteiger partial charge in [-0.1, -0.05) is 178 Å². The largest absolute Gasteiger partial charge is 0.394 e. The Morgan fingerprint density at radius 1 is 0.521 bits per heavy atom. The molecule has 48 heavy (non-hydrogen) atoms. The summed E-state index contributed by atoms with van der Waals surface area (Å²) in [6.07, 6.45) is 48.7. The van der Waals surface area contributed by atoms with E-state index in [1.807, 2.05) is 6.08 Å². The molecule has 5 nitrogen and oxygen atoms in total. The molecule has 3 atom stereocenters. The maximum atomic E-state index is 12.4. The van der Waals surface area contributed by atoms with E-state index >= 15 is 0 Å². The summed E-state index contributed by atoms with van der Waals surface area (Å²) in [6, 6.07) is -0.820. The van der Waals surface area contributed by atoms with Gasteiger partial charge >= 0.3 is 0 Å². The summed E-state index contributed by atoms with van der Waals surface area (Å²) in [5.74, 6) is -0.523. The number of carbonyl (C=O) groups excluding carboxylic acids is 1. The van der Waals surface area contributed by atoms with Crippen LogP contribution >= 0.6 is 0 Å². The number of hydrogen-bond acceptors (Lipinski definition) is 4. The number of amides is 1. The fourth-order valence-electron chi connectivity index (χ4n) is 5.92. The Morgan fingerprint density at radius 2 is 0.917 bits per heavy atom. The van der Waals surface area contributed by atoms with Crippen LogP contribution in [0.25, 0.3) is 0 Å². The highest BCUT2D eigenvalue weighted by Gasteiger charge is 2.22. The van der Waals surface area contributed by atoms with E-state index in [0.29, 0.717) is 6.42 Å². The lowest BCUT2D eigenvalue weighted by Gasteiger charge is -2.21. The van der Waals surface area contributed by atoms with Crippen LogP contribution in [0, 0.1) is 0 Å². The van der Waals surface area contributed by atoms with Crippen LogP contribution in [0.5, 0.6) is 0 Å². The number of allylic oxidation sites excluding steroid dienone is 7. The second kappa shape index (κ2) is 38.1. The average molecular weight is 674 g/mol. The van der Waals surface area contributed by atoms with Crippen molar-refractivity contribution in [2.45, 2.75) is 212 Å². The minimum atomic E-state index is -1.11. The Kier molecular flexibility index (Phi) is 36.8. The lowest BCUT2D eigenvalue weighted by atomic mass is 10.0. The quantitative estimate of drug-likeness (QED) is 0.0393. The van der Waals surface area contributed by atoms with Gasteiger partial charge in [0.1, 0.15) is 6.10 Å². The second-order valence-corrected chi connectivity index (χ2v) is 13.8. The van der Waals surface area contributed by atoms with E-state index in [1.54, 1.807) is 6.08 Å². The summed E-state index contributed by atoms with van der Waals surface area (Å²) in [7, 11) is 0. The highest BCUT2D eigenvalue weighted by molar-refractivity contribution is 5.80. The van der Waals surface area contributed by atoms with Crippen molar-refractivity contribution in [1.29, 1.82) is 0 Å². The van der Waals surface area contributed by atoms with Crippen LogP contribution in [0.4, 0.5) is 0 Å². The van der Waals surface area contributed by atoms with Gasteiger partial charge in [0.15, 0.2) is 0 Å². The highest BCUT2D eigenvalue weighted by atomic mass is 16.3. The first-order valence-electron chi connectivity index (χ1n) is 20.5. The molecule has 0 aliphatic carbocycles. The van der Waals surface area contributed by atoms with E-state index in [0.717, 1.165) is 51.4 Å². The molecule has 0 fully saturated rings. The SMILES string of the molecule is CC/C=C/CC/C=C/CC/C=C/C(O)C(CO)NC(=O)C(O)CCCCCCCCCC/C=C\CCCCCCCCCCCCCC. The predicted octanol–water partition coefficient (Wildman–Crippen LogP) is 11.4. The van der Waals surface area contributed by atoms with E-state index in [2.05, 4.69) is 55.6 Å². The van der Waals surface area contributed by atoms with Gasteiger partial charge in [-0.15, -0.1) is 0 Å². The Morgan fingerprint density at radius 3 is 1.38 bits per heavy atom. The van der Waals surface area contributed by atoms with Crippen molar-refractivity contribution < 1.29 is 20.1 Å². The molecule has 4 N–H and O–H groups in total. The summed E-state index contributed by atoms with van der Waals surface area (Å²) < 4.78 is 0. The molecule has 0 heterocycles. The van der Waals surface area contributed by atoms with Crippen LogP contribution < -0.4 is 5.32 Å². The van der Waals surface area contributed by atoms with Crippen molar-refractivity contribution in [1.82, 2.24) is 5.32 Å². The van der Waals surface area contributed by atoms with Crippen LogP contribution in [0.1, 0.15) is 194 Å². The first-order chi connectivity index (χ1) is 23.6. The molecular formula is C43H79NO4. The van der Waals surface area contributed by atoms with E-state index < -0.39 is 24.2 Å². The monoisotopic (exact) mass is 674 g/mol. The molecule has 5 heteroatoms. The number of rotatable bonds is 36. The third-order valence-corrected chi connectivity index (χ3v) is 9.13. The molecule has 3 unspecified atom stereocenters. The highest BCUT2D eigenvalue weighted by Crippen LogP contribution is 2.14. The molecule has 0 aromatic heterocycles. The molecule has 0 bridgehead atoms. The van der Waals surface area contributed by atoms with Crippen LogP contribution in [-0.4, -0.2) is 46.1 Å². The van der Waals surface area contributed by atoms with E-state index in [9.17, 15) is 20.1 Å². The molecule has 0 aromatic rings. The smallest absolute Gasteiger partial charge is 0.249 e. The lowest BCUT2D eigenvalue weighted by Crippen LogP contribution is -2.48. The summed E-state index contributed by atoms with van der Waals surface area (Å²) in [5, 5.41) is 32.9. The maximum absolute atomic E-state index is 12.4. The second-order valence-electron chi connectivity index (χ2n) is 13.8. The van der Waals surface area contributed by atoms with Crippen LogP contribution in [-0.2, 0) is 4.79 Å². The summed E-state index contributed by atoms with van der Waals surface area (Å²) >= 11 is 0. The Hall–Kier alpha value is -1.69. The zero-order chi connectivity index (χ0) is 35.2. The Labute approximate surface area is 297 Å². The van der Waals surface area contributed by atoms with Crippen molar-refractivity contribution in [3.05, 3.63) is 48.6 Å². The van der Waals surface area contributed by atoms with Gasteiger partial charge in [0.25, 0.3) is 0 Å². The number of hydrogen-bond donors (Lipinski definition) is 4. The molecular weight excluding hydrogens is 594 g/mol. The van der Waals surface area contributed by atoms with Crippen LogP contribution in [0.2, 0.25) is 0 Å². The molecule has 0 radical (unpaired) electrons. The average Bonchev–Trinajstić information content (AvgIpc) is 3.09. The Balaban J connectivity index is 3.65. The first kappa shape index (κ1) is 46.3. The molecule has 0 aliphatic rings. The van der Waals surface area contributed by atoms with Gasteiger partial charge in [-0.25, -0.2) is 0 Å². The van der Waals surface area contributed by atoms with E-state index in [-0.39, 0.29) is 6.61 Å². The van der Waals surface area contributed by atoms with Gasteiger partial charge < -0.3 is 20.6 Å². The van der Waals surface area contributed by atoms with Gasteiger partial charge in [-0.3, -0.25) is 4.79 Å². The Bertz CT molecular complexity index is 790. The molecule has 0 aliphatic heterocycles. The minimum absolute atomic E-state index is 0.384. The molecule has 0 rings (SSSR count). The van der Waals surface area contributed by atoms with Crippen molar-refractivity contribution >= 4 is 5.91 Å². The van der Waals surface area contributed by atoms with Crippen LogP contribution in [0.15, 0.2) is 48.6 Å². The summed E-state index contributed by atoms with van der Waals surface area (Å²) in [4.78, 5) is 12.4. The van der Waals surface area contributed by atoms with Crippen LogP contribution in [0.3, 0.4) is 0 Å². The van der Waals surface area contributed by atoms with Crippen molar-refractivity contribution in [2.75, 3.05) is 6.61 Å². The van der Waals surface area contributed by atoms with Crippen molar-refractivity contribution in [2.24, 2.45) is 0 Å². The molecule has 0 aromatic carbocycles. The standard InChI is InChI=1S/C43H79NO4/c1-3-5-7-9-11-13-15-16-17-18-19-20-21-22-23-24-25-26-27-28-30-32-34-36-38-42(47)43(48)44-40(39-45)41(46)37-35-33-31-29-14-12-10-8-6-4-2/h6,8,14,22-23,29,35,37,40-42,45-47H,3-5,7,9-13,15-21,24-28,30-34,36,38-39H2,1-2H3,(H,44,48)/b8-6+,23-22-,29-14+,37-35+. The van der Waals surface area contributed by atoms with Gasteiger partial charge in [-0.2, -0.15) is 0 Å². The number of unbranched alkanes of at least 4 members (excludes halogenated alkanes) is 22. The van der Waals surface area contributed by atoms with E-state index in [4.69, 9.17) is 0 Å². The molecule has 1 amide bonds. The first-order valence-corrected chi connectivity index (χ1v) is 20.5. The van der Waals surface area contributed by atoms with Gasteiger partial charge in [-0.05, 0) is 64.2 Å². The molecule has 0 saturated heterocycles. The van der Waals surface area contributed by atoms with E-state index in [1.165, 1.54) is 122 Å². The van der Waals surface area contributed by atoms with Gasteiger partial charge in [0.05, 0.1) is 18.8 Å². The third kappa shape index (κ3) is 32.8. The lowest BCUT2D eigenvalue weighted by molar-refractivity contribution is -0.131. The topological polar surface area (TPSA) is 89.8 Å². The number of nitrogens with one attached hydrogen (secondary N) is 1. The summed E-state index contributed by atoms with van der Waals surface area (Å²) in [6.45, 7) is 4.03. The fourth-order valence-corrected chi connectivity index (χ4v) is 5.92. The predicted molar refractivity (Wildman–Crippen MR) is 208 cm³/mol. The summed E-state index contributed by atoms with van der Waals surface area (Å²) in [5.41, 5.74) is 0. The zero-order valence-corrected chi connectivity index (χ0v) is 31.6.